The number of hydrogen-bond donors (Lipinski definition) is 0. The fourth-order valence-corrected chi connectivity index (χ4v) is 2.67. The molecule has 0 aliphatic carbocycles. The molecule has 1 aliphatic rings. The van der Waals surface area contributed by atoms with Crippen molar-refractivity contribution in [2.24, 2.45) is 0 Å². The van der Waals surface area contributed by atoms with Crippen molar-refractivity contribution in [2.75, 3.05) is 38.2 Å². The van der Waals surface area contributed by atoms with Crippen LogP contribution < -0.4 is 9.64 Å². The second-order valence-electron chi connectivity index (χ2n) is 5.40. The van der Waals surface area contributed by atoms with Crippen molar-refractivity contribution in [3.8, 4) is 5.75 Å². The molecule has 1 aromatic carbocycles. The highest BCUT2D eigenvalue weighted by atomic mass is 16.5. The molecule has 0 bridgehead atoms. The van der Waals surface area contributed by atoms with E-state index in [0.29, 0.717) is 0 Å². The van der Waals surface area contributed by atoms with E-state index in [1.54, 1.807) is 7.11 Å². The van der Waals surface area contributed by atoms with E-state index in [4.69, 9.17) is 9.26 Å². The quantitative estimate of drug-likeness (QED) is 0.863. The maximum absolute atomic E-state index is 5.28. The van der Waals surface area contributed by atoms with E-state index in [1.165, 1.54) is 5.69 Å². The number of aromatic nitrogens is 1. The SMILES string of the molecule is COc1ccc(N2CCN(Cc3cc(C)no3)CC2)cc1. The summed E-state index contributed by atoms with van der Waals surface area (Å²) in [5, 5.41) is 3.94. The molecule has 0 unspecified atom stereocenters. The second kappa shape index (κ2) is 6.18. The molecule has 0 atom stereocenters. The molecule has 5 nitrogen and oxygen atoms in total. The van der Waals surface area contributed by atoms with Crippen molar-refractivity contribution >= 4 is 5.69 Å². The molecule has 0 radical (unpaired) electrons. The van der Waals surface area contributed by atoms with E-state index in [2.05, 4.69) is 27.1 Å². The van der Waals surface area contributed by atoms with E-state index < -0.39 is 0 Å². The molecule has 0 saturated carbocycles. The second-order valence-corrected chi connectivity index (χ2v) is 5.40. The van der Waals surface area contributed by atoms with Crippen LogP contribution in [0.1, 0.15) is 11.5 Å². The van der Waals surface area contributed by atoms with Gasteiger partial charge in [-0.05, 0) is 31.2 Å². The number of ether oxygens (including phenoxy) is 1. The number of anilines is 1. The summed E-state index contributed by atoms with van der Waals surface area (Å²) in [4.78, 5) is 4.81. The molecular weight excluding hydrogens is 266 g/mol. The van der Waals surface area contributed by atoms with Gasteiger partial charge >= 0.3 is 0 Å². The first-order valence-electron chi connectivity index (χ1n) is 7.28. The maximum atomic E-state index is 5.28. The Morgan fingerprint density at radius 2 is 1.86 bits per heavy atom. The lowest BCUT2D eigenvalue weighted by atomic mass is 10.2. The Hall–Kier alpha value is -2.01. The van der Waals surface area contributed by atoms with Gasteiger partial charge in [-0.1, -0.05) is 5.16 Å². The number of aryl methyl sites for hydroxylation is 1. The zero-order valence-electron chi connectivity index (χ0n) is 12.6. The van der Waals surface area contributed by atoms with Gasteiger partial charge in [0.05, 0.1) is 19.3 Å². The lowest BCUT2D eigenvalue weighted by Gasteiger charge is -2.35. The minimum Gasteiger partial charge on any atom is -0.497 e. The predicted octanol–water partition coefficient (Wildman–Crippen LogP) is 2.31. The average molecular weight is 287 g/mol. The van der Waals surface area contributed by atoms with Gasteiger partial charge < -0.3 is 14.2 Å². The number of rotatable bonds is 4. The molecule has 0 N–H and O–H groups in total. The minimum atomic E-state index is 0.845. The van der Waals surface area contributed by atoms with E-state index >= 15 is 0 Å². The Balaban J connectivity index is 1.54. The van der Waals surface area contributed by atoms with E-state index in [9.17, 15) is 0 Å². The van der Waals surface area contributed by atoms with Gasteiger partial charge in [-0.15, -0.1) is 0 Å². The molecule has 3 rings (SSSR count). The molecule has 2 aromatic rings. The average Bonchev–Trinajstić information content (AvgIpc) is 2.93. The molecule has 5 heteroatoms. The molecule has 2 heterocycles. The summed E-state index contributed by atoms with van der Waals surface area (Å²) in [5.74, 6) is 1.85. The monoisotopic (exact) mass is 287 g/mol. The summed E-state index contributed by atoms with van der Waals surface area (Å²) < 4.78 is 10.5. The number of nitrogens with zero attached hydrogens (tertiary/aromatic N) is 3. The number of hydrogen-bond acceptors (Lipinski definition) is 5. The summed E-state index contributed by atoms with van der Waals surface area (Å²) in [7, 11) is 1.69. The van der Waals surface area contributed by atoms with Crippen LogP contribution in [0.15, 0.2) is 34.9 Å². The van der Waals surface area contributed by atoms with Gasteiger partial charge in [0.25, 0.3) is 0 Å². The van der Waals surface area contributed by atoms with Crippen LogP contribution in [-0.4, -0.2) is 43.3 Å². The van der Waals surface area contributed by atoms with Crippen LogP contribution in [0, 0.1) is 6.92 Å². The Morgan fingerprint density at radius 3 is 2.43 bits per heavy atom. The van der Waals surface area contributed by atoms with E-state index in [1.807, 2.05) is 25.1 Å². The van der Waals surface area contributed by atoms with Crippen molar-refractivity contribution in [2.45, 2.75) is 13.5 Å². The fraction of sp³-hybridized carbons (Fsp3) is 0.438. The van der Waals surface area contributed by atoms with Crippen LogP contribution in [-0.2, 0) is 6.54 Å². The zero-order chi connectivity index (χ0) is 14.7. The van der Waals surface area contributed by atoms with Crippen molar-refractivity contribution in [3.63, 3.8) is 0 Å². The summed E-state index contributed by atoms with van der Waals surface area (Å²) >= 11 is 0. The molecule has 1 aromatic heterocycles. The summed E-state index contributed by atoms with van der Waals surface area (Å²) in [5.41, 5.74) is 2.20. The lowest BCUT2D eigenvalue weighted by Crippen LogP contribution is -2.45. The summed E-state index contributed by atoms with van der Waals surface area (Å²) in [6.07, 6.45) is 0. The molecule has 1 fully saturated rings. The largest absolute Gasteiger partial charge is 0.497 e. The van der Waals surface area contributed by atoms with Crippen LogP contribution in [0.25, 0.3) is 0 Å². The number of benzene rings is 1. The van der Waals surface area contributed by atoms with Crippen molar-refractivity contribution in [1.29, 1.82) is 0 Å². The first-order chi connectivity index (χ1) is 10.2. The smallest absolute Gasteiger partial charge is 0.150 e. The van der Waals surface area contributed by atoms with Gasteiger partial charge in [-0.25, -0.2) is 0 Å². The van der Waals surface area contributed by atoms with Gasteiger partial charge in [0.15, 0.2) is 5.76 Å². The molecule has 0 amide bonds. The van der Waals surface area contributed by atoms with Crippen molar-refractivity contribution in [1.82, 2.24) is 10.1 Å². The molecule has 1 saturated heterocycles. The Bertz CT molecular complexity index is 571. The topological polar surface area (TPSA) is 41.7 Å². The third-order valence-electron chi connectivity index (χ3n) is 3.87. The molecule has 112 valence electrons. The Labute approximate surface area is 125 Å². The lowest BCUT2D eigenvalue weighted by molar-refractivity contribution is 0.219. The van der Waals surface area contributed by atoms with E-state index in [-0.39, 0.29) is 0 Å². The first-order valence-corrected chi connectivity index (χ1v) is 7.28. The Kier molecular flexibility index (Phi) is 4.10. The third kappa shape index (κ3) is 3.36. The summed E-state index contributed by atoms with van der Waals surface area (Å²) in [6.45, 7) is 6.92. The van der Waals surface area contributed by atoms with Gasteiger partial charge in [0, 0.05) is 37.9 Å². The molecule has 1 aliphatic heterocycles. The van der Waals surface area contributed by atoms with Gasteiger partial charge in [0.2, 0.25) is 0 Å². The fourth-order valence-electron chi connectivity index (χ4n) is 2.67. The molecule has 0 spiro atoms. The predicted molar refractivity (Wildman–Crippen MR) is 81.7 cm³/mol. The van der Waals surface area contributed by atoms with Crippen molar-refractivity contribution < 1.29 is 9.26 Å². The zero-order valence-corrected chi connectivity index (χ0v) is 12.6. The van der Waals surface area contributed by atoms with Gasteiger partial charge in [0.1, 0.15) is 5.75 Å². The standard InChI is InChI=1S/C16H21N3O2/c1-13-11-16(21-17-13)12-18-7-9-19(10-8-18)14-3-5-15(20-2)6-4-14/h3-6,11H,7-10,12H2,1-2H3. The third-order valence-corrected chi connectivity index (χ3v) is 3.87. The number of piperazine rings is 1. The highest BCUT2D eigenvalue weighted by Crippen LogP contribution is 2.21. The first kappa shape index (κ1) is 13.9. The van der Waals surface area contributed by atoms with Crippen LogP contribution in [0.5, 0.6) is 5.75 Å². The van der Waals surface area contributed by atoms with Crippen LogP contribution >= 0.6 is 0 Å². The van der Waals surface area contributed by atoms with Crippen LogP contribution in [0.3, 0.4) is 0 Å². The van der Waals surface area contributed by atoms with Crippen LogP contribution in [0.4, 0.5) is 5.69 Å². The van der Waals surface area contributed by atoms with Gasteiger partial charge in [-0.3, -0.25) is 4.90 Å². The summed E-state index contributed by atoms with van der Waals surface area (Å²) in [6, 6.07) is 10.3. The molecular formula is C16H21N3O2. The molecule has 21 heavy (non-hydrogen) atoms. The van der Waals surface area contributed by atoms with Crippen LogP contribution in [0.2, 0.25) is 0 Å². The Morgan fingerprint density at radius 1 is 1.14 bits per heavy atom. The van der Waals surface area contributed by atoms with E-state index in [0.717, 1.165) is 49.9 Å². The number of methoxy groups -OCH3 is 1. The van der Waals surface area contributed by atoms with Crippen molar-refractivity contribution in [3.05, 3.63) is 41.8 Å². The maximum Gasteiger partial charge on any atom is 0.150 e. The highest BCUT2D eigenvalue weighted by Gasteiger charge is 2.18. The highest BCUT2D eigenvalue weighted by molar-refractivity contribution is 5.49. The normalized spacial score (nSPS) is 16.2. The minimum absolute atomic E-state index is 0.845. The van der Waals surface area contributed by atoms with Gasteiger partial charge in [-0.2, -0.15) is 0 Å².